The number of nitrogens with zero attached hydrogens (tertiary/aromatic N) is 2. The zero-order chi connectivity index (χ0) is 20.9. The number of aryl methyl sites for hydroxylation is 3. The van der Waals surface area contributed by atoms with Gasteiger partial charge >= 0.3 is 0 Å². The second-order valence-electron chi connectivity index (χ2n) is 9.65. The Morgan fingerprint density at radius 3 is 2.41 bits per heavy atom. The lowest BCUT2D eigenvalue weighted by atomic mass is 9.87. The lowest BCUT2D eigenvalue weighted by Crippen LogP contribution is -2.31. The van der Waals surface area contributed by atoms with Crippen molar-refractivity contribution < 1.29 is 4.57 Å². The van der Waals surface area contributed by atoms with E-state index in [-0.39, 0.29) is 5.41 Å². The molecule has 0 fully saturated rings. The summed E-state index contributed by atoms with van der Waals surface area (Å²) in [7, 11) is 2.15. The van der Waals surface area contributed by atoms with Crippen LogP contribution in [-0.4, -0.2) is 4.98 Å². The topological polar surface area (TPSA) is 16.8 Å². The summed E-state index contributed by atoms with van der Waals surface area (Å²) in [6.45, 7) is 13.5. The molecule has 0 saturated heterocycles. The minimum atomic E-state index is 0.199. The molecule has 2 aromatic carbocycles. The molecular weight excluding hydrogens is 352 g/mol. The van der Waals surface area contributed by atoms with E-state index in [1.807, 2.05) is 6.20 Å². The van der Waals surface area contributed by atoms with Crippen molar-refractivity contribution in [1.82, 2.24) is 4.98 Å². The van der Waals surface area contributed by atoms with Gasteiger partial charge in [0.05, 0.1) is 10.9 Å². The maximum Gasteiger partial charge on any atom is 0.221 e. The Morgan fingerprint density at radius 2 is 1.69 bits per heavy atom. The first-order valence-corrected chi connectivity index (χ1v) is 10.4. The average molecular weight is 384 g/mol. The highest BCUT2D eigenvalue weighted by Crippen LogP contribution is 2.36. The molecule has 0 bridgehead atoms. The van der Waals surface area contributed by atoms with Crippen LogP contribution in [0.5, 0.6) is 0 Å². The van der Waals surface area contributed by atoms with Crippen LogP contribution < -0.4 is 4.57 Å². The second-order valence-corrected chi connectivity index (χ2v) is 9.65. The van der Waals surface area contributed by atoms with Crippen molar-refractivity contribution in [2.75, 3.05) is 0 Å². The van der Waals surface area contributed by atoms with E-state index in [0.29, 0.717) is 0 Å². The zero-order valence-corrected chi connectivity index (χ0v) is 18.7. The van der Waals surface area contributed by atoms with Crippen molar-refractivity contribution in [2.45, 2.75) is 48.0 Å². The molecular formula is C27H31N2+. The Kier molecular flexibility index (Phi) is 4.69. The molecule has 0 saturated carbocycles. The molecule has 0 aliphatic carbocycles. The SMILES string of the molecule is Cc1cc(C)c(C)c(-c2c3c(ccc4c(CC(C)(C)C)nccc43)cc[n+]2C)c1. The van der Waals surface area contributed by atoms with Crippen LogP contribution in [0.3, 0.4) is 0 Å². The van der Waals surface area contributed by atoms with Gasteiger partial charge in [0, 0.05) is 23.3 Å². The van der Waals surface area contributed by atoms with Gasteiger partial charge in [-0.25, -0.2) is 4.57 Å². The largest absolute Gasteiger partial charge is 0.261 e. The fraction of sp³-hybridized carbons (Fsp3) is 0.333. The third kappa shape index (κ3) is 3.53. The lowest BCUT2D eigenvalue weighted by Gasteiger charge is -2.19. The smallest absolute Gasteiger partial charge is 0.221 e. The molecule has 2 nitrogen and oxygen atoms in total. The lowest BCUT2D eigenvalue weighted by molar-refractivity contribution is -0.659. The van der Waals surface area contributed by atoms with Gasteiger partial charge in [0.15, 0.2) is 6.20 Å². The van der Waals surface area contributed by atoms with Gasteiger partial charge in [-0.15, -0.1) is 0 Å². The molecule has 0 N–H and O–H groups in total. The van der Waals surface area contributed by atoms with Crippen molar-refractivity contribution in [2.24, 2.45) is 12.5 Å². The molecule has 2 heterocycles. The maximum atomic E-state index is 4.76. The molecule has 29 heavy (non-hydrogen) atoms. The Hall–Kier alpha value is -2.74. The minimum absolute atomic E-state index is 0.199. The highest BCUT2D eigenvalue weighted by atomic mass is 14.9. The van der Waals surface area contributed by atoms with E-state index in [1.165, 1.54) is 55.2 Å². The second kappa shape index (κ2) is 6.95. The summed E-state index contributed by atoms with van der Waals surface area (Å²) in [5.74, 6) is 0. The van der Waals surface area contributed by atoms with Crippen molar-refractivity contribution in [3.63, 3.8) is 0 Å². The molecule has 0 amide bonds. The van der Waals surface area contributed by atoms with Gasteiger partial charge in [0.25, 0.3) is 0 Å². The molecule has 0 atom stereocenters. The van der Waals surface area contributed by atoms with Crippen molar-refractivity contribution in [1.29, 1.82) is 0 Å². The van der Waals surface area contributed by atoms with Gasteiger partial charge in [-0.2, -0.15) is 0 Å². The number of rotatable bonds is 2. The molecule has 2 heteroatoms. The fourth-order valence-electron chi connectivity index (χ4n) is 4.43. The van der Waals surface area contributed by atoms with Crippen LogP contribution in [0.25, 0.3) is 32.8 Å². The van der Waals surface area contributed by atoms with Gasteiger partial charge in [-0.1, -0.05) is 44.5 Å². The summed E-state index contributed by atoms with van der Waals surface area (Å²) >= 11 is 0. The number of hydrogen-bond acceptors (Lipinski definition) is 1. The monoisotopic (exact) mass is 383 g/mol. The summed E-state index contributed by atoms with van der Waals surface area (Å²) in [4.78, 5) is 4.76. The predicted molar refractivity (Wildman–Crippen MR) is 123 cm³/mol. The standard InChI is InChI=1S/C27H31N2/c1-17-14-18(2)19(3)23(15-17)26-25-20(11-13-29(26)7)8-9-21-22(25)10-12-28-24(21)16-27(4,5)6/h8-15H,16H2,1-7H3/q+1. The number of pyridine rings is 2. The van der Waals surface area contributed by atoms with Crippen LogP contribution in [0.4, 0.5) is 0 Å². The fourth-order valence-corrected chi connectivity index (χ4v) is 4.43. The number of aromatic nitrogens is 2. The number of hydrogen-bond donors (Lipinski definition) is 0. The molecule has 4 aromatic rings. The van der Waals surface area contributed by atoms with Crippen LogP contribution in [-0.2, 0) is 13.5 Å². The van der Waals surface area contributed by atoms with Gasteiger partial charge in [0.2, 0.25) is 5.69 Å². The summed E-state index contributed by atoms with van der Waals surface area (Å²) in [6, 6.07) is 13.5. The quantitative estimate of drug-likeness (QED) is 0.289. The Balaban J connectivity index is 2.14. The highest BCUT2D eigenvalue weighted by molar-refractivity contribution is 6.13. The van der Waals surface area contributed by atoms with Crippen molar-refractivity contribution >= 4 is 21.5 Å². The van der Waals surface area contributed by atoms with Gasteiger partial charge < -0.3 is 0 Å². The van der Waals surface area contributed by atoms with E-state index in [1.54, 1.807) is 0 Å². The van der Waals surface area contributed by atoms with E-state index < -0.39 is 0 Å². The predicted octanol–water partition coefficient (Wildman–Crippen LogP) is 6.39. The average Bonchev–Trinajstić information content (AvgIpc) is 2.63. The summed E-state index contributed by atoms with van der Waals surface area (Å²) < 4.78 is 2.27. The van der Waals surface area contributed by atoms with Crippen LogP contribution >= 0.6 is 0 Å². The first-order valence-electron chi connectivity index (χ1n) is 10.4. The van der Waals surface area contributed by atoms with E-state index in [0.717, 1.165) is 6.42 Å². The summed E-state index contributed by atoms with van der Waals surface area (Å²) in [6.07, 6.45) is 5.12. The van der Waals surface area contributed by atoms with E-state index >= 15 is 0 Å². The van der Waals surface area contributed by atoms with Crippen molar-refractivity contribution in [3.8, 4) is 11.3 Å². The normalized spacial score (nSPS) is 12.1. The van der Waals surface area contributed by atoms with Crippen molar-refractivity contribution in [3.05, 3.63) is 71.2 Å². The number of fused-ring (bicyclic) bond motifs is 3. The van der Waals surface area contributed by atoms with Crippen LogP contribution in [0.15, 0.2) is 48.8 Å². The van der Waals surface area contributed by atoms with Gasteiger partial charge in [-0.3, -0.25) is 4.98 Å². The molecule has 0 spiro atoms. The highest BCUT2D eigenvalue weighted by Gasteiger charge is 2.22. The third-order valence-corrected chi connectivity index (χ3v) is 5.89. The molecule has 148 valence electrons. The van der Waals surface area contributed by atoms with E-state index in [9.17, 15) is 0 Å². The Morgan fingerprint density at radius 1 is 0.931 bits per heavy atom. The summed E-state index contributed by atoms with van der Waals surface area (Å²) in [5, 5.41) is 5.15. The van der Waals surface area contributed by atoms with Crippen LogP contribution in [0.2, 0.25) is 0 Å². The Labute approximate surface area is 174 Å². The Bertz CT molecular complexity index is 1240. The van der Waals surface area contributed by atoms with E-state index in [4.69, 9.17) is 4.98 Å². The first kappa shape index (κ1) is 19.6. The number of benzene rings is 2. The molecule has 4 rings (SSSR count). The van der Waals surface area contributed by atoms with Crippen LogP contribution in [0, 0.1) is 26.2 Å². The maximum absolute atomic E-state index is 4.76. The minimum Gasteiger partial charge on any atom is -0.261 e. The summed E-state index contributed by atoms with van der Waals surface area (Å²) in [5.41, 5.74) is 7.97. The molecule has 0 aliphatic rings. The molecule has 0 aliphatic heterocycles. The first-order chi connectivity index (χ1) is 13.7. The van der Waals surface area contributed by atoms with Gasteiger partial charge in [-0.05, 0) is 66.6 Å². The molecule has 0 unspecified atom stereocenters. The van der Waals surface area contributed by atoms with Gasteiger partial charge in [0.1, 0.15) is 7.05 Å². The molecule has 0 radical (unpaired) electrons. The zero-order valence-electron chi connectivity index (χ0n) is 18.7. The van der Waals surface area contributed by atoms with E-state index in [2.05, 4.69) is 95.8 Å². The van der Waals surface area contributed by atoms with Crippen LogP contribution in [0.1, 0.15) is 43.2 Å². The third-order valence-electron chi connectivity index (χ3n) is 5.89. The molecule has 2 aromatic heterocycles.